The topological polar surface area (TPSA) is 80.3 Å². The fourth-order valence-electron chi connectivity index (χ4n) is 1.31. The van der Waals surface area contributed by atoms with Crippen molar-refractivity contribution >= 4 is 107 Å². The number of carbonyl (C=O) groups is 2. The van der Waals surface area contributed by atoms with Gasteiger partial charge >= 0.3 is 48.9 Å². The Morgan fingerprint density at radius 2 is 1.00 bits per heavy atom. The number of benzene rings is 2. The van der Waals surface area contributed by atoms with E-state index in [4.69, 9.17) is 46.4 Å². The maximum Gasteiger partial charge on any atom is 2.00 e. The Kier molecular flexibility index (Phi) is 10.9. The first kappa shape index (κ1) is 23.1. The molecular formula is C14H6BaCl4O4. The van der Waals surface area contributed by atoms with Crippen LogP contribution in [0.2, 0.25) is 20.1 Å². The van der Waals surface area contributed by atoms with Gasteiger partial charge in [0.2, 0.25) is 0 Å². The average Bonchev–Trinajstić information content (AvgIpc) is 2.44. The average molecular weight is 517 g/mol. The Morgan fingerprint density at radius 3 is 1.22 bits per heavy atom. The van der Waals surface area contributed by atoms with Gasteiger partial charge in [-0.25, -0.2) is 0 Å². The second kappa shape index (κ2) is 10.9. The van der Waals surface area contributed by atoms with E-state index in [1.54, 1.807) is 0 Å². The molecule has 4 nitrogen and oxygen atoms in total. The van der Waals surface area contributed by atoms with Crippen molar-refractivity contribution in [1.29, 1.82) is 0 Å². The summed E-state index contributed by atoms with van der Waals surface area (Å²) >= 11 is 22.0. The van der Waals surface area contributed by atoms with Gasteiger partial charge in [-0.15, -0.1) is 0 Å². The van der Waals surface area contributed by atoms with E-state index >= 15 is 0 Å². The largest absolute Gasteiger partial charge is 2.00 e. The molecule has 2 aromatic carbocycles. The first-order valence-corrected chi connectivity index (χ1v) is 7.06. The third-order valence-electron chi connectivity index (χ3n) is 2.30. The second-order valence-electron chi connectivity index (χ2n) is 3.82. The quantitative estimate of drug-likeness (QED) is 0.573. The molecule has 0 aromatic heterocycles. The molecule has 0 radical (unpaired) electrons. The molecule has 0 fully saturated rings. The predicted octanol–water partition coefficient (Wildman–Crippen LogP) is 2.33. The number of hydrogen-bond acceptors (Lipinski definition) is 4. The molecule has 0 atom stereocenters. The molecule has 0 heterocycles. The predicted molar refractivity (Wildman–Crippen MR) is 87.3 cm³/mol. The van der Waals surface area contributed by atoms with E-state index in [1.165, 1.54) is 36.4 Å². The number of aromatic carboxylic acids is 2. The van der Waals surface area contributed by atoms with Gasteiger partial charge in [0, 0.05) is 31.2 Å². The summed E-state index contributed by atoms with van der Waals surface area (Å²) in [5.41, 5.74) is -0.168. The Hall–Kier alpha value is 0.111. The van der Waals surface area contributed by atoms with Crippen LogP contribution in [0.1, 0.15) is 20.7 Å². The SMILES string of the molecule is O=C([O-])c1cc(Cl)ccc1Cl.O=C([O-])c1cc(Cl)ccc1Cl.[Ba+2]. The van der Waals surface area contributed by atoms with Crippen LogP contribution in [-0.2, 0) is 0 Å². The van der Waals surface area contributed by atoms with Crippen LogP contribution >= 0.6 is 46.4 Å². The molecule has 0 amide bonds. The minimum Gasteiger partial charge on any atom is -0.545 e. The summed E-state index contributed by atoms with van der Waals surface area (Å²) in [5.74, 6) is -2.64. The molecule has 2 aromatic rings. The minimum atomic E-state index is -1.32. The van der Waals surface area contributed by atoms with Crippen molar-refractivity contribution in [3.05, 3.63) is 67.6 Å². The van der Waals surface area contributed by atoms with Crippen LogP contribution in [0.4, 0.5) is 0 Å². The van der Waals surface area contributed by atoms with Crippen LogP contribution in [0.25, 0.3) is 0 Å². The van der Waals surface area contributed by atoms with E-state index in [9.17, 15) is 19.8 Å². The second-order valence-corrected chi connectivity index (χ2v) is 5.51. The van der Waals surface area contributed by atoms with E-state index in [-0.39, 0.29) is 70.1 Å². The fourth-order valence-corrected chi connectivity index (χ4v) is 2.04. The maximum absolute atomic E-state index is 10.3. The Labute approximate surface area is 192 Å². The van der Waals surface area contributed by atoms with Crippen molar-refractivity contribution in [2.24, 2.45) is 0 Å². The van der Waals surface area contributed by atoms with Gasteiger partial charge in [0.25, 0.3) is 0 Å². The van der Waals surface area contributed by atoms with Gasteiger partial charge in [-0.3, -0.25) is 0 Å². The molecule has 0 unspecified atom stereocenters. The standard InChI is InChI=1S/2C7H4Cl2O2.Ba/c2*8-4-1-2-6(9)5(3-4)7(10)11;/h2*1-3H,(H,10,11);/q;;+2/p-2. The summed E-state index contributed by atoms with van der Waals surface area (Å²) < 4.78 is 0. The number of hydrogen-bond donors (Lipinski definition) is 0. The van der Waals surface area contributed by atoms with E-state index in [0.29, 0.717) is 10.0 Å². The Morgan fingerprint density at radius 1 is 0.696 bits per heavy atom. The maximum atomic E-state index is 10.3. The van der Waals surface area contributed by atoms with Crippen molar-refractivity contribution in [1.82, 2.24) is 0 Å². The minimum absolute atomic E-state index is 0. The van der Waals surface area contributed by atoms with E-state index in [0.717, 1.165) is 0 Å². The third-order valence-corrected chi connectivity index (χ3v) is 3.43. The molecule has 0 aliphatic heterocycles. The molecule has 23 heavy (non-hydrogen) atoms. The molecule has 0 saturated carbocycles. The fraction of sp³-hybridized carbons (Fsp3) is 0. The van der Waals surface area contributed by atoms with Crippen molar-refractivity contribution < 1.29 is 19.8 Å². The van der Waals surface area contributed by atoms with Crippen LogP contribution in [0.5, 0.6) is 0 Å². The van der Waals surface area contributed by atoms with Crippen LogP contribution in [-0.4, -0.2) is 60.8 Å². The summed E-state index contributed by atoms with van der Waals surface area (Å²) in [7, 11) is 0. The molecule has 0 saturated heterocycles. The summed E-state index contributed by atoms with van der Waals surface area (Å²) in [6.07, 6.45) is 0. The summed E-state index contributed by atoms with van der Waals surface area (Å²) in [6.45, 7) is 0. The molecule has 116 valence electrons. The van der Waals surface area contributed by atoms with Gasteiger partial charge in [0.15, 0.2) is 0 Å². The van der Waals surface area contributed by atoms with Gasteiger partial charge in [-0.05, 0) is 36.4 Å². The number of rotatable bonds is 2. The van der Waals surface area contributed by atoms with E-state index in [2.05, 4.69) is 0 Å². The van der Waals surface area contributed by atoms with Gasteiger partial charge < -0.3 is 19.8 Å². The molecule has 0 spiro atoms. The van der Waals surface area contributed by atoms with Gasteiger partial charge in [-0.2, -0.15) is 0 Å². The number of carboxylic acid groups (broad SMARTS) is 2. The van der Waals surface area contributed by atoms with Gasteiger partial charge in [-0.1, -0.05) is 46.4 Å². The number of halogens is 4. The zero-order valence-electron chi connectivity index (χ0n) is 11.3. The molecular weight excluding hydrogens is 511 g/mol. The summed E-state index contributed by atoms with van der Waals surface area (Å²) in [4.78, 5) is 20.6. The van der Waals surface area contributed by atoms with Gasteiger partial charge in [0.1, 0.15) is 0 Å². The Balaban J connectivity index is 0.000000403. The third kappa shape index (κ3) is 7.69. The van der Waals surface area contributed by atoms with Crippen molar-refractivity contribution in [3.8, 4) is 0 Å². The first-order valence-electron chi connectivity index (χ1n) is 5.55. The molecule has 0 bridgehead atoms. The molecule has 0 N–H and O–H groups in total. The molecule has 0 aliphatic carbocycles. The Bertz CT molecular complexity index is 660. The van der Waals surface area contributed by atoms with E-state index < -0.39 is 11.9 Å². The normalized spacial score (nSPS) is 9.22. The number of carbonyl (C=O) groups excluding carboxylic acids is 2. The molecule has 2 rings (SSSR count). The van der Waals surface area contributed by atoms with Crippen LogP contribution in [0, 0.1) is 0 Å². The zero-order chi connectivity index (χ0) is 16.9. The van der Waals surface area contributed by atoms with Crippen molar-refractivity contribution in [2.75, 3.05) is 0 Å². The smallest absolute Gasteiger partial charge is 0.545 e. The monoisotopic (exact) mass is 516 g/mol. The number of carboxylic acids is 2. The first-order chi connectivity index (χ1) is 10.2. The molecule has 9 heteroatoms. The van der Waals surface area contributed by atoms with Crippen LogP contribution < -0.4 is 10.2 Å². The van der Waals surface area contributed by atoms with Crippen molar-refractivity contribution in [3.63, 3.8) is 0 Å². The van der Waals surface area contributed by atoms with Crippen LogP contribution in [0.3, 0.4) is 0 Å². The van der Waals surface area contributed by atoms with E-state index in [1.807, 2.05) is 0 Å². The summed E-state index contributed by atoms with van der Waals surface area (Å²) in [5, 5.41) is 21.6. The molecule has 0 aliphatic rings. The van der Waals surface area contributed by atoms with Crippen LogP contribution in [0.15, 0.2) is 36.4 Å². The van der Waals surface area contributed by atoms with Crippen molar-refractivity contribution in [2.45, 2.75) is 0 Å². The van der Waals surface area contributed by atoms with Gasteiger partial charge in [0.05, 0.1) is 11.9 Å². The zero-order valence-corrected chi connectivity index (χ0v) is 18.8. The summed E-state index contributed by atoms with van der Waals surface area (Å²) in [6, 6.07) is 8.34.